The van der Waals surface area contributed by atoms with Crippen LogP contribution in [0.25, 0.3) is 44.2 Å². The highest BCUT2D eigenvalue weighted by Crippen LogP contribution is 2.43. The number of methoxy groups -OCH3 is 3. The van der Waals surface area contributed by atoms with Crippen LogP contribution in [0.4, 0.5) is 4.79 Å². The lowest BCUT2D eigenvalue weighted by Gasteiger charge is -2.30. The van der Waals surface area contributed by atoms with E-state index in [1.54, 1.807) is 18.9 Å². The third-order valence-electron chi connectivity index (χ3n) is 10.6. The van der Waals surface area contributed by atoms with Crippen LogP contribution in [0.3, 0.4) is 0 Å². The van der Waals surface area contributed by atoms with Crippen LogP contribution in [0.1, 0.15) is 55.5 Å². The highest BCUT2D eigenvalue weighted by molar-refractivity contribution is 6.07. The molecule has 0 unspecified atom stereocenters. The van der Waals surface area contributed by atoms with Crippen LogP contribution < -0.4 is 15.4 Å². The zero-order valence-electron chi connectivity index (χ0n) is 29.2. The van der Waals surface area contributed by atoms with Crippen LogP contribution >= 0.6 is 0 Å². The molecule has 5 heterocycles. The second-order valence-electron chi connectivity index (χ2n) is 13.8. The molecule has 0 aliphatic carbocycles. The minimum atomic E-state index is -0.892. The van der Waals surface area contributed by atoms with E-state index in [9.17, 15) is 9.59 Å². The molecule has 3 aliphatic heterocycles. The zero-order chi connectivity index (χ0) is 35.2. The van der Waals surface area contributed by atoms with Gasteiger partial charge in [-0.2, -0.15) is 0 Å². The summed E-state index contributed by atoms with van der Waals surface area (Å²) < 4.78 is 21.9. The molecule has 0 saturated carbocycles. The van der Waals surface area contributed by atoms with Crippen molar-refractivity contribution >= 4 is 33.8 Å². The fourth-order valence-corrected chi connectivity index (χ4v) is 7.87. The molecule has 0 radical (unpaired) electrons. The Morgan fingerprint density at radius 1 is 1.08 bits per heavy atom. The Balaban J connectivity index is 1.06. The number of alkyl carbamates (subject to hydrolysis) is 1. The number of nitrogens with zero attached hydrogens (tertiary/aromatic N) is 3. The van der Waals surface area contributed by atoms with Gasteiger partial charge in [-0.1, -0.05) is 18.2 Å². The van der Waals surface area contributed by atoms with E-state index in [0.717, 1.165) is 93.7 Å². The summed E-state index contributed by atoms with van der Waals surface area (Å²) in [5.41, 5.74) is 7.07. The van der Waals surface area contributed by atoms with Gasteiger partial charge in [-0.05, 0) is 78.4 Å². The van der Waals surface area contributed by atoms with Crippen LogP contribution in [-0.4, -0.2) is 90.0 Å². The van der Waals surface area contributed by atoms with E-state index in [-0.39, 0.29) is 18.0 Å². The second kappa shape index (κ2) is 13.6. The van der Waals surface area contributed by atoms with Gasteiger partial charge in [0.15, 0.2) is 0 Å². The molecule has 3 aromatic carbocycles. The maximum absolute atomic E-state index is 13.8. The molecule has 51 heavy (non-hydrogen) atoms. The van der Waals surface area contributed by atoms with E-state index < -0.39 is 18.2 Å². The molecule has 5 atom stereocenters. The molecule has 266 valence electrons. The van der Waals surface area contributed by atoms with Crippen LogP contribution in [0, 0.1) is 5.92 Å². The molecule has 3 aliphatic rings. The van der Waals surface area contributed by atoms with Crippen LogP contribution in [-0.2, 0) is 25.6 Å². The van der Waals surface area contributed by atoms with Crippen molar-refractivity contribution < 1.29 is 28.5 Å². The average Bonchev–Trinajstić information content (AvgIpc) is 3.98. The lowest BCUT2D eigenvalue weighted by Crippen LogP contribution is -2.54. The van der Waals surface area contributed by atoms with Crippen LogP contribution in [0.5, 0.6) is 5.75 Å². The molecule has 0 spiro atoms. The highest BCUT2D eigenvalue weighted by Gasteiger charge is 2.39. The summed E-state index contributed by atoms with van der Waals surface area (Å²) in [6.07, 6.45) is 3.25. The smallest absolute Gasteiger partial charge is 0.407 e. The van der Waals surface area contributed by atoms with E-state index >= 15 is 0 Å². The number of carbonyl (C=O) groups excluding carboxylic acids is 2. The number of aromatic amines is 2. The Morgan fingerprint density at radius 2 is 1.96 bits per heavy atom. The third kappa shape index (κ3) is 6.08. The maximum Gasteiger partial charge on any atom is 0.407 e. The minimum Gasteiger partial charge on any atom is -0.488 e. The van der Waals surface area contributed by atoms with Gasteiger partial charge in [0.2, 0.25) is 5.91 Å². The van der Waals surface area contributed by atoms with Gasteiger partial charge in [0.1, 0.15) is 30.0 Å². The number of nitrogens with one attached hydrogen (secondary N) is 4. The lowest BCUT2D eigenvalue weighted by atomic mass is 9.92. The monoisotopic (exact) mass is 693 g/mol. The summed E-state index contributed by atoms with van der Waals surface area (Å²) in [6, 6.07) is 13.9. The summed E-state index contributed by atoms with van der Waals surface area (Å²) in [7, 11) is 4.53. The number of amides is 2. The molecule has 0 bridgehead atoms. The third-order valence-corrected chi connectivity index (χ3v) is 10.6. The average molecular weight is 694 g/mol. The van der Waals surface area contributed by atoms with Crippen molar-refractivity contribution in [3.05, 3.63) is 65.9 Å². The molecular formula is C38H43N7O6. The van der Waals surface area contributed by atoms with E-state index in [0.29, 0.717) is 24.9 Å². The second-order valence-corrected chi connectivity index (χ2v) is 13.8. The number of likely N-dealkylation sites (tertiary alicyclic amines) is 1. The van der Waals surface area contributed by atoms with Gasteiger partial charge in [-0.3, -0.25) is 4.79 Å². The topological polar surface area (TPSA) is 156 Å². The standard InChI is InChI=1S/C38H43N7O6/c1-20(49-3)33(44-38(47)50-4)37(46)45-11-5-6-31(45)36-41-28-10-8-22-14-27-25-9-7-23(13-24(25)19-51-32(27)15-26(22)34(28)43-36)30-17-40-35(42-30)29-12-21(16-39-29)18-48-2/h7-10,13-15,17,20-21,29,31,33,39H,5-6,11-12,16,18-19H2,1-4H3,(H,40,42)(H,41,43)(H,44,47)/t20-,21+,29+,31+,33+/m1/s1. The number of hydrogen-bond donors (Lipinski definition) is 4. The first-order valence-corrected chi connectivity index (χ1v) is 17.5. The Hall–Kier alpha value is -4.98. The van der Waals surface area contributed by atoms with Gasteiger partial charge in [0.25, 0.3) is 0 Å². The van der Waals surface area contributed by atoms with Gasteiger partial charge in [0.05, 0.1) is 54.8 Å². The summed E-state index contributed by atoms with van der Waals surface area (Å²) in [5.74, 6) is 2.74. The first kappa shape index (κ1) is 33.2. The Morgan fingerprint density at radius 3 is 2.78 bits per heavy atom. The maximum atomic E-state index is 13.8. The molecule has 4 N–H and O–H groups in total. The van der Waals surface area contributed by atoms with Crippen molar-refractivity contribution in [2.24, 2.45) is 5.92 Å². The number of fused-ring (bicyclic) bond motifs is 6. The molecule has 13 nitrogen and oxygen atoms in total. The number of ether oxygens (including phenoxy) is 4. The van der Waals surface area contributed by atoms with Crippen molar-refractivity contribution in [1.29, 1.82) is 0 Å². The number of benzene rings is 3. The minimum absolute atomic E-state index is 0.199. The summed E-state index contributed by atoms with van der Waals surface area (Å²) in [6.45, 7) is 4.43. The van der Waals surface area contributed by atoms with Gasteiger partial charge < -0.3 is 44.4 Å². The largest absolute Gasteiger partial charge is 0.488 e. The molecule has 8 rings (SSSR count). The predicted molar refractivity (Wildman–Crippen MR) is 191 cm³/mol. The summed E-state index contributed by atoms with van der Waals surface area (Å²) in [4.78, 5) is 44.4. The van der Waals surface area contributed by atoms with Crippen molar-refractivity contribution in [2.45, 2.75) is 57.0 Å². The van der Waals surface area contributed by atoms with E-state index in [4.69, 9.17) is 28.9 Å². The van der Waals surface area contributed by atoms with E-state index in [1.807, 2.05) is 12.3 Å². The zero-order valence-corrected chi connectivity index (χ0v) is 29.2. The molecule has 2 saturated heterocycles. The number of imidazole rings is 2. The number of aromatic nitrogens is 4. The van der Waals surface area contributed by atoms with Crippen molar-refractivity contribution in [3.8, 4) is 28.1 Å². The van der Waals surface area contributed by atoms with Gasteiger partial charge in [-0.15, -0.1) is 0 Å². The van der Waals surface area contributed by atoms with Crippen molar-refractivity contribution in [3.63, 3.8) is 0 Å². The molecule has 2 fully saturated rings. The quantitative estimate of drug-likeness (QED) is 0.159. The Bertz CT molecular complexity index is 2110. The van der Waals surface area contributed by atoms with Gasteiger partial charge in [-0.25, -0.2) is 14.8 Å². The van der Waals surface area contributed by atoms with E-state index in [2.05, 4.69) is 57.0 Å². The first-order chi connectivity index (χ1) is 24.8. The number of hydrogen-bond acceptors (Lipinski definition) is 9. The van der Waals surface area contributed by atoms with Crippen LogP contribution in [0.2, 0.25) is 0 Å². The molecule has 2 aromatic heterocycles. The van der Waals surface area contributed by atoms with Gasteiger partial charge in [0, 0.05) is 38.3 Å². The summed E-state index contributed by atoms with van der Waals surface area (Å²) in [5, 5.41) is 8.26. The van der Waals surface area contributed by atoms with E-state index in [1.165, 1.54) is 14.2 Å². The highest BCUT2D eigenvalue weighted by atomic mass is 16.5. The first-order valence-electron chi connectivity index (χ1n) is 17.5. The molecular weight excluding hydrogens is 650 g/mol. The number of carbonyl (C=O) groups is 2. The van der Waals surface area contributed by atoms with Crippen LogP contribution in [0.15, 0.2) is 48.7 Å². The number of H-pyrrole nitrogens is 2. The number of rotatable bonds is 9. The molecule has 13 heteroatoms. The Labute approximate surface area is 295 Å². The molecule has 5 aromatic rings. The SMILES string of the molecule is COC[C@@H]1CN[C@H](c2ncc(-c3ccc4c(c3)COc3cc5c(ccc6nc([C@@H]7CCCN7C(=O)[C@@H](NC(=O)OC)[C@@H](C)OC)[nH]c65)cc3-4)[nH]2)C1. The van der Waals surface area contributed by atoms with Crippen molar-refractivity contribution in [2.75, 3.05) is 41.0 Å². The lowest BCUT2D eigenvalue weighted by molar-refractivity contribution is -0.137. The predicted octanol–water partition coefficient (Wildman–Crippen LogP) is 5.39. The molecule has 2 amide bonds. The Kier molecular flexibility index (Phi) is 8.86. The summed E-state index contributed by atoms with van der Waals surface area (Å²) >= 11 is 0. The van der Waals surface area contributed by atoms with Crippen molar-refractivity contribution in [1.82, 2.24) is 35.5 Å². The van der Waals surface area contributed by atoms with Gasteiger partial charge >= 0.3 is 6.09 Å². The normalized spacial score (nSPS) is 20.9. The fourth-order valence-electron chi connectivity index (χ4n) is 7.87. The fraction of sp³-hybridized carbons (Fsp3) is 0.421.